The maximum absolute atomic E-state index is 13.8. The van der Waals surface area contributed by atoms with Crippen LogP contribution in [0, 0.1) is 17.7 Å². The Morgan fingerprint density at radius 2 is 1.34 bits per heavy atom. The third kappa shape index (κ3) is 3.46. The summed E-state index contributed by atoms with van der Waals surface area (Å²) in [7, 11) is 0. The van der Waals surface area contributed by atoms with Gasteiger partial charge in [0.05, 0.1) is 32.5 Å². The molecule has 4 atom stereocenters. The van der Waals surface area contributed by atoms with Crippen LogP contribution < -0.4 is 0 Å². The highest BCUT2D eigenvalue weighted by atomic mass is 35.5. The summed E-state index contributed by atoms with van der Waals surface area (Å²) in [5, 5.41) is 0.473. The highest BCUT2D eigenvalue weighted by Crippen LogP contribution is 2.77. The van der Waals surface area contributed by atoms with Gasteiger partial charge in [0.2, 0.25) is 0 Å². The molecule has 0 aromatic heterocycles. The first kappa shape index (κ1) is 28.0. The minimum atomic E-state index is -2.18. The van der Waals surface area contributed by atoms with E-state index in [0.29, 0.717) is 10.0 Å². The Balaban J connectivity index is 1.61. The Bertz CT molecular complexity index is 1420. The molecule has 14 heteroatoms. The van der Waals surface area contributed by atoms with Crippen LogP contribution in [0.5, 0.6) is 0 Å². The second-order valence-electron chi connectivity index (χ2n) is 8.84. The van der Waals surface area contributed by atoms with Gasteiger partial charge in [-0.1, -0.05) is 70.1 Å². The van der Waals surface area contributed by atoms with Crippen LogP contribution in [-0.4, -0.2) is 54.1 Å². The number of nitrogens with zero attached hydrogens (tertiary/aromatic N) is 2. The van der Waals surface area contributed by atoms with Gasteiger partial charge in [-0.3, -0.25) is 19.2 Å². The molecule has 6 nitrogen and oxygen atoms in total. The predicted octanol–water partition coefficient (Wildman–Crippen LogP) is 6.17. The molecule has 3 aliphatic rings. The minimum absolute atomic E-state index is 0.00740. The number of allylic oxidation sites excluding steroid dienone is 2. The van der Waals surface area contributed by atoms with Crippen LogP contribution in [0.1, 0.15) is 20.7 Å². The van der Waals surface area contributed by atoms with Crippen LogP contribution in [0.4, 0.5) is 4.39 Å². The van der Waals surface area contributed by atoms with Crippen molar-refractivity contribution < 1.29 is 23.6 Å². The molecule has 0 unspecified atom stereocenters. The predicted molar refractivity (Wildman–Crippen MR) is 142 cm³/mol. The summed E-state index contributed by atoms with van der Waals surface area (Å²) < 4.78 is 11.2. The van der Waals surface area contributed by atoms with Crippen molar-refractivity contribution in [2.75, 3.05) is 6.54 Å². The number of amides is 3. The van der Waals surface area contributed by atoms with Crippen LogP contribution in [-0.2, 0) is 9.59 Å². The molecule has 1 aliphatic heterocycles. The van der Waals surface area contributed by atoms with Gasteiger partial charge >= 0.3 is 0 Å². The van der Waals surface area contributed by atoms with E-state index in [2.05, 4.69) is 0 Å². The Morgan fingerprint density at radius 1 is 0.842 bits per heavy atom. The van der Waals surface area contributed by atoms with Gasteiger partial charge in [0.15, 0.2) is 10.1 Å². The Morgan fingerprint density at radius 3 is 1.84 bits per heavy atom. The number of Topliss-reactive ketones (excluding diaryl/α,β-unsaturated/α-hetero) is 1. The monoisotopic (exact) mass is 656 g/mol. The number of benzene rings is 2. The Hall–Kier alpha value is -1.58. The topological polar surface area (TPSA) is 74.8 Å². The van der Waals surface area contributed by atoms with E-state index in [4.69, 9.17) is 81.2 Å². The molecule has 0 spiro atoms. The van der Waals surface area contributed by atoms with Gasteiger partial charge in [-0.15, -0.1) is 23.2 Å². The number of hydrazine groups is 1. The molecule has 2 aromatic rings. The zero-order valence-corrected chi connectivity index (χ0v) is 23.8. The molecular weight excluding hydrogens is 647 g/mol. The maximum atomic E-state index is 13.8. The van der Waals surface area contributed by atoms with Crippen LogP contribution in [0.2, 0.25) is 5.02 Å². The Labute approximate surface area is 250 Å². The molecule has 1 saturated heterocycles. The molecule has 198 valence electrons. The zero-order chi connectivity index (χ0) is 27.9. The summed E-state index contributed by atoms with van der Waals surface area (Å²) >= 11 is 45.4. The van der Waals surface area contributed by atoms with Crippen molar-refractivity contribution in [3.05, 3.63) is 80.6 Å². The fourth-order valence-electron chi connectivity index (χ4n) is 5.09. The van der Waals surface area contributed by atoms with E-state index >= 15 is 0 Å². The van der Waals surface area contributed by atoms with Gasteiger partial charge in [-0.05, 0) is 36.4 Å². The van der Waals surface area contributed by atoms with Crippen molar-refractivity contribution in [3.8, 4) is 0 Å². The average Bonchev–Trinajstić information content (AvgIpc) is 3.26. The first-order chi connectivity index (χ1) is 17.7. The quantitative estimate of drug-likeness (QED) is 0.219. The fourth-order valence-corrected chi connectivity index (χ4v) is 8.23. The first-order valence-corrected chi connectivity index (χ1v) is 13.4. The van der Waals surface area contributed by atoms with E-state index in [-0.39, 0.29) is 26.2 Å². The number of fused-ring (bicyclic) bond motifs is 5. The average molecular weight is 660 g/mol. The minimum Gasteiger partial charge on any atom is -0.292 e. The first-order valence-electron chi connectivity index (χ1n) is 10.8. The number of hydrogen-bond donors (Lipinski definition) is 0. The summed E-state index contributed by atoms with van der Waals surface area (Å²) in [5.41, 5.74) is -0.0975. The van der Waals surface area contributed by atoms with Crippen molar-refractivity contribution in [1.29, 1.82) is 0 Å². The highest BCUT2D eigenvalue weighted by Gasteiger charge is 2.88. The molecule has 3 amide bonds. The number of hydrogen-bond acceptors (Lipinski definition) is 4. The van der Waals surface area contributed by atoms with E-state index < -0.39 is 61.8 Å². The van der Waals surface area contributed by atoms with E-state index in [1.165, 1.54) is 30.3 Å². The zero-order valence-electron chi connectivity index (χ0n) is 18.5. The molecule has 5 rings (SSSR count). The van der Waals surface area contributed by atoms with Crippen LogP contribution in [0.15, 0.2) is 58.6 Å². The van der Waals surface area contributed by atoms with Crippen molar-refractivity contribution in [2.45, 2.75) is 14.1 Å². The lowest BCUT2D eigenvalue weighted by Gasteiger charge is -2.36. The normalized spacial score (nSPS) is 29.2. The number of rotatable bonds is 5. The molecule has 1 saturated carbocycles. The molecular formula is C24H12Cl7FN2O4. The van der Waals surface area contributed by atoms with E-state index in [1.54, 1.807) is 6.07 Å². The lowest BCUT2D eigenvalue weighted by molar-refractivity contribution is -0.154. The largest absolute Gasteiger partial charge is 0.292 e. The van der Waals surface area contributed by atoms with Gasteiger partial charge in [-0.2, -0.15) is 5.01 Å². The fraction of sp³-hybridized carbons (Fsp3) is 0.250. The number of imide groups is 1. The van der Waals surface area contributed by atoms with Gasteiger partial charge in [-0.25, -0.2) is 9.40 Å². The number of halogens is 8. The number of ketones is 1. The standard InChI is InChI=1S/C24H12Cl7FN2O4/c25-13-4-2-1-3-12(13)19(36)33(9-14(35)10-5-7-11(32)8-6-10)34-20(37)15-16(21(34)38)23(29)18(27)17(26)22(15,28)24(23,30)31/h1-8,15-16H,9H2/t15-,16+,22-,23-/m1/s1. The molecule has 2 bridgehead atoms. The van der Waals surface area contributed by atoms with E-state index in [9.17, 15) is 23.6 Å². The highest BCUT2D eigenvalue weighted by molar-refractivity contribution is 6.66. The van der Waals surface area contributed by atoms with Crippen LogP contribution >= 0.6 is 81.2 Å². The summed E-state index contributed by atoms with van der Waals surface area (Å²) in [6, 6.07) is 10.3. The van der Waals surface area contributed by atoms with Gasteiger partial charge in [0, 0.05) is 5.56 Å². The number of carbonyl (C=O) groups excluding carboxylic acids is 4. The molecule has 0 N–H and O–H groups in total. The summed E-state index contributed by atoms with van der Waals surface area (Å²) in [6.45, 7) is -0.807. The molecule has 0 radical (unpaired) electrons. The van der Waals surface area contributed by atoms with Crippen LogP contribution in [0.3, 0.4) is 0 Å². The SMILES string of the molecule is O=C(CN(C(=O)c1ccccc1Cl)N1C(=O)[C@@H]2[C@H](C1=O)[C@@]1(Cl)C(Cl)=C(Cl)[C@@]2(Cl)C1(Cl)Cl)c1ccc(F)cc1. The second kappa shape index (κ2) is 9.23. The summed E-state index contributed by atoms with van der Waals surface area (Å²) in [6.07, 6.45) is 0. The molecule has 2 aromatic carbocycles. The third-order valence-corrected chi connectivity index (χ3v) is 11.5. The second-order valence-corrected chi connectivity index (χ2v) is 12.5. The molecule has 1 heterocycles. The van der Waals surface area contributed by atoms with Crippen molar-refractivity contribution in [3.63, 3.8) is 0 Å². The van der Waals surface area contributed by atoms with Crippen molar-refractivity contribution in [1.82, 2.24) is 10.0 Å². The van der Waals surface area contributed by atoms with Crippen LogP contribution in [0.25, 0.3) is 0 Å². The Kier molecular flexibility index (Phi) is 6.79. The summed E-state index contributed by atoms with van der Waals surface area (Å²) in [5.74, 6) is -7.38. The van der Waals surface area contributed by atoms with Crippen molar-refractivity contribution >= 4 is 105 Å². The maximum Gasteiger partial charge on any atom is 0.274 e. The third-order valence-electron chi connectivity index (χ3n) is 6.93. The molecule has 38 heavy (non-hydrogen) atoms. The van der Waals surface area contributed by atoms with Gasteiger partial charge < -0.3 is 0 Å². The van der Waals surface area contributed by atoms with E-state index in [0.717, 1.165) is 12.1 Å². The number of carbonyl (C=O) groups is 4. The van der Waals surface area contributed by atoms with Crippen molar-refractivity contribution in [2.24, 2.45) is 11.8 Å². The molecule has 2 aliphatic carbocycles. The van der Waals surface area contributed by atoms with Gasteiger partial charge in [0.1, 0.15) is 22.1 Å². The number of alkyl halides is 4. The molecule has 2 fully saturated rings. The lowest BCUT2D eigenvalue weighted by atomic mass is 9.84. The lowest BCUT2D eigenvalue weighted by Crippen LogP contribution is -2.56. The smallest absolute Gasteiger partial charge is 0.274 e. The van der Waals surface area contributed by atoms with E-state index in [1.807, 2.05) is 0 Å². The van der Waals surface area contributed by atoms with Gasteiger partial charge in [0.25, 0.3) is 17.7 Å². The summed E-state index contributed by atoms with van der Waals surface area (Å²) in [4.78, 5) is 50.3.